The Hall–Kier alpha value is -1.04. The Morgan fingerprint density at radius 3 is 2.81 bits per heavy atom. The van der Waals surface area contributed by atoms with Crippen molar-refractivity contribution in [2.45, 2.75) is 19.0 Å². The minimum Gasteiger partial charge on any atom is -0.340 e. The quantitative estimate of drug-likeness (QED) is 0.915. The fourth-order valence-electron chi connectivity index (χ4n) is 2.97. The van der Waals surface area contributed by atoms with Crippen molar-refractivity contribution >= 4 is 17.7 Å². The Kier molecular flexibility index (Phi) is 5.17. The van der Waals surface area contributed by atoms with Crippen molar-refractivity contribution in [3.05, 3.63) is 35.9 Å². The van der Waals surface area contributed by atoms with Gasteiger partial charge in [-0.05, 0) is 12.0 Å². The van der Waals surface area contributed by atoms with Gasteiger partial charge in [0.05, 0.1) is 6.04 Å². The highest BCUT2D eigenvalue weighted by atomic mass is 32.2. The first kappa shape index (κ1) is 14.9. The van der Waals surface area contributed by atoms with Crippen molar-refractivity contribution < 1.29 is 4.79 Å². The lowest BCUT2D eigenvalue weighted by molar-refractivity contribution is -0.132. The van der Waals surface area contributed by atoms with Gasteiger partial charge < -0.3 is 4.90 Å². The van der Waals surface area contributed by atoms with E-state index < -0.39 is 0 Å². The molecule has 0 bridgehead atoms. The van der Waals surface area contributed by atoms with Crippen LogP contribution in [0, 0.1) is 0 Å². The van der Waals surface area contributed by atoms with Crippen LogP contribution in [0.1, 0.15) is 12.0 Å². The van der Waals surface area contributed by atoms with Crippen LogP contribution in [0.3, 0.4) is 0 Å². The van der Waals surface area contributed by atoms with Crippen molar-refractivity contribution in [2.24, 2.45) is 0 Å². The zero-order valence-electron chi connectivity index (χ0n) is 12.3. The fraction of sp³-hybridized carbons (Fsp3) is 0.562. The van der Waals surface area contributed by atoms with Crippen LogP contribution in [0.25, 0.3) is 0 Å². The van der Waals surface area contributed by atoms with Gasteiger partial charge in [-0.1, -0.05) is 30.3 Å². The summed E-state index contributed by atoms with van der Waals surface area (Å²) in [7, 11) is 0. The molecule has 0 aliphatic carbocycles. The molecule has 0 spiro atoms. The number of carbonyl (C=O) groups is 1. The maximum Gasteiger partial charge on any atom is 0.240 e. The molecule has 4 nitrogen and oxygen atoms in total. The maximum absolute atomic E-state index is 12.4. The van der Waals surface area contributed by atoms with Gasteiger partial charge in [-0.15, -0.1) is 11.8 Å². The van der Waals surface area contributed by atoms with Gasteiger partial charge in [0, 0.05) is 44.4 Å². The Balaban J connectivity index is 1.53. The number of hydrogen-bond donors (Lipinski definition) is 1. The SMILES string of the molecule is O=C([C@H]1CSCN1)N1CCCN(Cc2ccccc2)CC1. The lowest BCUT2D eigenvalue weighted by Gasteiger charge is -2.24. The summed E-state index contributed by atoms with van der Waals surface area (Å²) in [6, 6.07) is 10.6. The van der Waals surface area contributed by atoms with E-state index >= 15 is 0 Å². The van der Waals surface area contributed by atoms with Crippen molar-refractivity contribution in [3.63, 3.8) is 0 Å². The van der Waals surface area contributed by atoms with Crippen LogP contribution in [-0.4, -0.2) is 59.6 Å². The molecule has 1 atom stereocenters. The molecule has 1 N–H and O–H groups in total. The van der Waals surface area contributed by atoms with Crippen LogP contribution in [0.4, 0.5) is 0 Å². The standard InChI is InChI=1S/C16H23N3OS/c20-16(15-12-21-13-17-15)19-8-4-7-18(9-10-19)11-14-5-2-1-3-6-14/h1-3,5-6,15,17H,4,7-13H2/t15-/m1/s1. The summed E-state index contributed by atoms with van der Waals surface area (Å²) in [5.74, 6) is 2.12. The molecule has 2 fully saturated rings. The highest BCUT2D eigenvalue weighted by Gasteiger charge is 2.28. The van der Waals surface area contributed by atoms with Gasteiger partial charge in [0.2, 0.25) is 5.91 Å². The predicted octanol–water partition coefficient (Wildman–Crippen LogP) is 1.38. The maximum atomic E-state index is 12.4. The van der Waals surface area contributed by atoms with Crippen LogP contribution in [0.15, 0.2) is 30.3 Å². The predicted molar refractivity (Wildman–Crippen MR) is 87.2 cm³/mol. The van der Waals surface area contributed by atoms with E-state index in [1.54, 1.807) is 0 Å². The first-order chi connectivity index (χ1) is 10.3. The third kappa shape index (κ3) is 3.99. The summed E-state index contributed by atoms with van der Waals surface area (Å²) in [4.78, 5) is 17.0. The molecule has 1 amide bonds. The number of nitrogens with zero attached hydrogens (tertiary/aromatic N) is 2. The second kappa shape index (κ2) is 7.29. The first-order valence-corrected chi connectivity index (χ1v) is 8.84. The molecule has 21 heavy (non-hydrogen) atoms. The van der Waals surface area contributed by atoms with Crippen LogP contribution >= 0.6 is 11.8 Å². The Bertz CT molecular complexity index is 462. The second-order valence-electron chi connectivity index (χ2n) is 5.71. The van der Waals surface area contributed by atoms with E-state index in [-0.39, 0.29) is 6.04 Å². The number of hydrogen-bond acceptors (Lipinski definition) is 4. The molecule has 2 saturated heterocycles. The number of thioether (sulfide) groups is 1. The molecular weight excluding hydrogens is 282 g/mol. The highest BCUT2D eigenvalue weighted by molar-refractivity contribution is 7.99. The summed E-state index contributed by atoms with van der Waals surface area (Å²) in [5.41, 5.74) is 1.35. The molecule has 0 unspecified atom stereocenters. The van der Waals surface area contributed by atoms with Crippen LogP contribution in [0.2, 0.25) is 0 Å². The number of rotatable bonds is 3. The van der Waals surface area contributed by atoms with Crippen molar-refractivity contribution in [3.8, 4) is 0 Å². The lowest BCUT2D eigenvalue weighted by atomic mass is 10.2. The van der Waals surface area contributed by atoms with E-state index in [0.29, 0.717) is 5.91 Å². The molecular formula is C16H23N3OS. The summed E-state index contributed by atoms with van der Waals surface area (Å²) < 4.78 is 0. The van der Waals surface area contributed by atoms with Gasteiger partial charge in [0.15, 0.2) is 0 Å². The molecule has 5 heteroatoms. The Morgan fingerprint density at radius 2 is 2.05 bits per heavy atom. The first-order valence-electron chi connectivity index (χ1n) is 7.69. The number of nitrogens with one attached hydrogen (secondary N) is 1. The summed E-state index contributed by atoms with van der Waals surface area (Å²) >= 11 is 1.81. The minimum absolute atomic E-state index is 0.0377. The van der Waals surface area contributed by atoms with E-state index in [9.17, 15) is 4.79 Å². The van der Waals surface area contributed by atoms with Gasteiger partial charge in [-0.3, -0.25) is 15.0 Å². The molecule has 0 radical (unpaired) electrons. The van der Waals surface area contributed by atoms with E-state index in [0.717, 1.165) is 50.8 Å². The van der Waals surface area contributed by atoms with Gasteiger partial charge in [0.25, 0.3) is 0 Å². The molecule has 2 heterocycles. The average molecular weight is 305 g/mol. The number of carbonyl (C=O) groups excluding carboxylic acids is 1. The molecule has 1 aromatic carbocycles. The fourth-order valence-corrected chi connectivity index (χ4v) is 3.90. The van der Waals surface area contributed by atoms with Crippen molar-refractivity contribution in [1.29, 1.82) is 0 Å². The smallest absolute Gasteiger partial charge is 0.240 e. The van der Waals surface area contributed by atoms with Crippen LogP contribution in [0.5, 0.6) is 0 Å². The molecule has 0 saturated carbocycles. The normalized spacial score (nSPS) is 24.0. The summed E-state index contributed by atoms with van der Waals surface area (Å²) in [5, 5.41) is 3.28. The molecule has 3 rings (SSSR count). The summed E-state index contributed by atoms with van der Waals surface area (Å²) in [6.45, 7) is 4.79. The topological polar surface area (TPSA) is 35.6 Å². The van der Waals surface area contributed by atoms with E-state index in [1.165, 1.54) is 5.56 Å². The van der Waals surface area contributed by atoms with Crippen molar-refractivity contribution in [2.75, 3.05) is 37.8 Å². The zero-order chi connectivity index (χ0) is 14.5. The van der Waals surface area contributed by atoms with Gasteiger partial charge in [-0.2, -0.15) is 0 Å². The molecule has 2 aliphatic rings. The molecule has 114 valence electrons. The minimum atomic E-state index is 0.0377. The monoisotopic (exact) mass is 305 g/mol. The van der Waals surface area contributed by atoms with Gasteiger partial charge >= 0.3 is 0 Å². The van der Waals surface area contributed by atoms with Crippen LogP contribution in [-0.2, 0) is 11.3 Å². The largest absolute Gasteiger partial charge is 0.340 e. The van der Waals surface area contributed by atoms with Gasteiger partial charge in [0.1, 0.15) is 0 Å². The molecule has 0 aromatic heterocycles. The number of benzene rings is 1. The van der Waals surface area contributed by atoms with Gasteiger partial charge in [-0.25, -0.2) is 0 Å². The number of amides is 1. The van der Waals surface area contributed by atoms with E-state index in [1.807, 2.05) is 11.8 Å². The van der Waals surface area contributed by atoms with E-state index in [4.69, 9.17) is 0 Å². The zero-order valence-corrected chi connectivity index (χ0v) is 13.1. The third-order valence-corrected chi connectivity index (χ3v) is 5.10. The summed E-state index contributed by atoms with van der Waals surface area (Å²) in [6.07, 6.45) is 1.07. The third-order valence-electron chi connectivity index (χ3n) is 4.16. The molecule has 2 aliphatic heterocycles. The average Bonchev–Trinajstić information content (AvgIpc) is 2.95. The van der Waals surface area contributed by atoms with Crippen LogP contribution < -0.4 is 5.32 Å². The Morgan fingerprint density at radius 1 is 1.19 bits per heavy atom. The Labute approximate surface area is 130 Å². The lowest BCUT2D eigenvalue weighted by Crippen LogP contribution is -2.46. The molecule has 1 aromatic rings. The van der Waals surface area contributed by atoms with Crippen molar-refractivity contribution in [1.82, 2.24) is 15.1 Å². The highest BCUT2D eigenvalue weighted by Crippen LogP contribution is 2.14. The second-order valence-corrected chi connectivity index (χ2v) is 6.74. The van der Waals surface area contributed by atoms with E-state index in [2.05, 4.69) is 45.4 Å².